The minimum Gasteiger partial charge on any atom is -0.350 e. The predicted octanol–water partition coefficient (Wildman–Crippen LogP) is 2.76. The van der Waals surface area contributed by atoms with Crippen LogP contribution in [0.4, 0.5) is 8.87 Å². The van der Waals surface area contributed by atoms with E-state index in [4.69, 9.17) is 0 Å². The van der Waals surface area contributed by atoms with Crippen LogP contribution in [0.2, 0.25) is 0 Å². The molecule has 0 aromatic heterocycles. The molecule has 0 atom stereocenters. The van der Waals surface area contributed by atoms with E-state index in [1.807, 2.05) is 24.3 Å². The van der Waals surface area contributed by atoms with E-state index in [1.54, 1.807) is 0 Å². The molecule has 0 radical (unpaired) electrons. The number of benzene rings is 1. The van der Waals surface area contributed by atoms with Crippen molar-refractivity contribution < 1.29 is 13.7 Å². The molecule has 0 bridgehead atoms. The molecule has 0 spiro atoms. The van der Waals surface area contributed by atoms with Crippen LogP contribution in [-0.2, 0) is 11.3 Å². The molecule has 0 aliphatic carbocycles. The lowest BCUT2D eigenvalue weighted by atomic mass is 9.89. The van der Waals surface area contributed by atoms with Gasteiger partial charge in [-0.15, -0.1) is 22.0 Å². The highest BCUT2D eigenvalue weighted by atomic mass is 35.5. The van der Waals surface area contributed by atoms with Crippen molar-refractivity contribution in [2.45, 2.75) is 25.3 Å². The van der Waals surface area contributed by atoms with Crippen molar-refractivity contribution >= 4 is 18.3 Å². The zero-order valence-electron chi connectivity index (χ0n) is 11.1. The maximum atomic E-state index is 13.0. The molecule has 2 rings (SSSR count). The third kappa shape index (κ3) is 4.72. The van der Waals surface area contributed by atoms with Gasteiger partial charge in [0, 0.05) is 19.6 Å². The number of halogens is 3. The number of hydrogen-bond acceptors (Lipinski definition) is 2. The fourth-order valence-corrected chi connectivity index (χ4v) is 2.39. The molecule has 1 amide bonds. The van der Waals surface area contributed by atoms with Gasteiger partial charge in [-0.25, -0.2) is 4.39 Å². The number of hydrogen-bond donors (Lipinski definition) is 1. The first-order chi connectivity index (χ1) is 9.19. The summed E-state index contributed by atoms with van der Waals surface area (Å²) >= 11 is 0. The molecule has 1 heterocycles. The fraction of sp³-hybridized carbons (Fsp3) is 0.500. The number of nitrogens with one attached hydrogen (secondary N) is 1. The summed E-state index contributed by atoms with van der Waals surface area (Å²) in [6.07, 6.45) is 1.60. The van der Waals surface area contributed by atoms with Gasteiger partial charge in [0.25, 0.3) is 5.91 Å². The van der Waals surface area contributed by atoms with E-state index in [0.717, 1.165) is 23.5 Å². The highest BCUT2D eigenvalue weighted by molar-refractivity contribution is 5.85. The van der Waals surface area contributed by atoms with Gasteiger partial charge < -0.3 is 5.32 Å². The van der Waals surface area contributed by atoms with E-state index in [1.165, 1.54) is 5.56 Å². The quantitative estimate of drug-likeness (QED) is 0.868. The average molecular weight is 305 g/mol. The van der Waals surface area contributed by atoms with Crippen LogP contribution >= 0.6 is 12.4 Å². The molecule has 20 heavy (non-hydrogen) atoms. The molecule has 0 saturated carbocycles. The molecular weight excluding hydrogens is 286 g/mol. The molecule has 1 N–H and O–H groups in total. The highest BCUT2D eigenvalue weighted by Crippen LogP contribution is 2.28. The Morgan fingerprint density at radius 2 is 2.05 bits per heavy atom. The van der Waals surface area contributed by atoms with Crippen molar-refractivity contribution in [3.05, 3.63) is 35.4 Å². The van der Waals surface area contributed by atoms with E-state index >= 15 is 0 Å². The maximum Gasteiger partial charge on any atom is 0.251 e. The SMILES string of the molecule is Cl.O=C(CF)NCc1cccc(C2CCN(F)CC2)c1. The number of carbonyl (C=O) groups excluding carboxylic acids is 1. The van der Waals surface area contributed by atoms with Gasteiger partial charge in [-0.1, -0.05) is 24.3 Å². The van der Waals surface area contributed by atoms with Crippen molar-refractivity contribution in [1.29, 1.82) is 0 Å². The number of rotatable bonds is 4. The lowest BCUT2D eigenvalue weighted by molar-refractivity contribution is -0.122. The van der Waals surface area contributed by atoms with E-state index in [0.29, 0.717) is 25.6 Å². The van der Waals surface area contributed by atoms with Crippen LogP contribution in [-0.4, -0.2) is 30.8 Å². The molecule has 1 aromatic carbocycles. The second-order valence-electron chi connectivity index (χ2n) is 4.84. The van der Waals surface area contributed by atoms with Crippen molar-refractivity contribution in [1.82, 2.24) is 10.4 Å². The smallest absolute Gasteiger partial charge is 0.251 e. The molecule has 1 fully saturated rings. The van der Waals surface area contributed by atoms with Crippen LogP contribution in [0.25, 0.3) is 0 Å². The van der Waals surface area contributed by atoms with E-state index < -0.39 is 12.6 Å². The lowest BCUT2D eigenvalue weighted by Gasteiger charge is -2.26. The summed E-state index contributed by atoms with van der Waals surface area (Å²) in [6, 6.07) is 7.86. The zero-order chi connectivity index (χ0) is 13.7. The minimum absolute atomic E-state index is 0. The standard InChI is InChI=1S/C14H18F2N2O.ClH/c15-9-14(19)17-10-11-2-1-3-13(8-11)12-4-6-18(16)7-5-12;/h1-3,8,12H,4-7,9-10H2,(H,17,19);1H. The Bertz CT molecular complexity index is 437. The van der Waals surface area contributed by atoms with Crippen molar-refractivity contribution in [3.8, 4) is 0 Å². The number of carbonyl (C=O) groups is 1. The average Bonchev–Trinajstić information content (AvgIpc) is 2.46. The summed E-state index contributed by atoms with van der Waals surface area (Å²) < 4.78 is 25.0. The van der Waals surface area contributed by atoms with Gasteiger partial charge in [-0.2, -0.15) is 0 Å². The van der Waals surface area contributed by atoms with Crippen molar-refractivity contribution in [3.63, 3.8) is 0 Å². The number of amides is 1. The van der Waals surface area contributed by atoms with Crippen LogP contribution in [0, 0.1) is 0 Å². The summed E-state index contributed by atoms with van der Waals surface area (Å²) in [5, 5.41) is 3.35. The summed E-state index contributed by atoms with van der Waals surface area (Å²) in [6.45, 7) is 0.272. The Morgan fingerprint density at radius 3 is 2.70 bits per heavy atom. The Kier molecular flexibility index (Phi) is 6.88. The van der Waals surface area contributed by atoms with Crippen molar-refractivity contribution in [2.24, 2.45) is 0 Å². The maximum absolute atomic E-state index is 13.0. The normalized spacial score (nSPS) is 16.5. The Morgan fingerprint density at radius 1 is 1.35 bits per heavy atom. The molecule has 1 aromatic rings. The van der Waals surface area contributed by atoms with Gasteiger partial charge >= 0.3 is 0 Å². The minimum atomic E-state index is -0.991. The molecule has 6 heteroatoms. The topological polar surface area (TPSA) is 32.3 Å². The lowest BCUT2D eigenvalue weighted by Crippen LogP contribution is -2.26. The first-order valence-electron chi connectivity index (χ1n) is 6.51. The van der Waals surface area contributed by atoms with Crippen molar-refractivity contribution in [2.75, 3.05) is 19.8 Å². The molecule has 1 aliphatic heterocycles. The van der Waals surface area contributed by atoms with Crippen LogP contribution in [0.3, 0.4) is 0 Å². The Hall–Kier alpha value is -1.20. The van der Waals surface area contributed by atoms with E-state index in [2.05, 4.69) is 5.32 Å². The fourth-order valence-electron chi connectivity index (χ4n) is 2.39. The van der Waals surface area contributed by atoms with Crippen LogP contribution in [0.1, 0.15) is 29.9 Å². The second kappa shape index (κ2) is 8.17. The van der Waals surface area contributed by atoms with Gasteiger partial charge in [-0.05, 0) is 29.9 Å². The molecule has 3 nitrogen and oxygen atoms in total. The third-order valence-corrected chi connectivity index (χ3v) is 3.47. The summed E-state index contributed by atoms with van der Waals surface area (Å²) in [5.41, 5.74) is 2.11. The largest absolute Gasteiger partial charge is 0.350 e. The highest BCUT2D eigenvalue weighted by Gasteiger charge is 2.20. The van der Waals surface area contributed by atoms with Gasteiger partial charge in [0.2, 0.25) is 0 Å². The number of alkyl halides is 1. The summed E-state index contributed by atoms with van der Waals surface area (Å²) in [5.74, 6) is -0.236. The molecule has 1 aliphatic rings. The second-order valence-corrected chi connectivity index (χ2v) is 4.84. The first kappa shape index (κ1) is 16.9. The monoisotopic (exact) mass is 304 g/mol. The number of piperidine rings is 1. The Labute approximate surface area is 123 Å². The predicted molar refractivity (Wildman–Crippen MR) is 76.2 cm³/mol. The zero-order valence-corrected chi connectivity index (χ0v) is 12.0. The third-order valence-electron chi connectivity index (χ3n) is 3.47. The van der Waals surface area contributed by atoms with Gasteiger partial charge in [-0.3, -0.25) is 4.79 Å². The van der Waals surface area contributed by atoms with E-state index in [9.17, 15) is 13.7 Å². The summed E-state index contributed by atoms with van der Waals surface area (Å²) in [4.78, 5) is 10.9. The molecule has 112 valence electrons. The Balaban J connectivity index is 0.00000200. The van der Waals surface area contributed by atoms with Crippen LogP contribution < -0.4 is 5.32 Å². The number of nitrogens with zero attached hydrogens (tertiary/aromatic N) is 1. The summed E-state index contributed by atoms with van der Waals surface area (Å²) in [7, 11) is 0. The van der Waals surface area contributed by atoms with Crippen LogP contribution in [0.15, 0.2) is 24.3 Å². The van der Waals surface area contributed by atoms with Gasteiger partial charge in [0.05, 0.1) is 0 Å². The molecular formula is C14H19ClF2N2O. The van der Waals surface area contributed by atoms with Gasteiger partial charge in [0.1, 0.15) is 0 Å². The van der Waals surface area contributed by atoms with Crippen LogP contribution in [0.5, 0.6) is 0 Å². The molecule has 0 unspecified atom stereocenters. The van der Waals surface area contributed by atoms with Gasteiger partial charge in [0.15, 0.2) is 6.67 Å². The molecule has 1 saturated heterocycles. The van der Waals surface area contributed by atoms with E-state index in [-0.39, 0.29) is 12.4 Å². The first-order valence-corrected chi connectivity index (χ1v) is 6.51.